The van der Waals surface area contributed by atoms with Crippen molar-refractivity contribution < 1.29 is 24.5 Å². The summed E-state index contributed by atoms with van der Waals surface area (Å²) in [4.78, 5) is 51.9. The predicted octanol–water partition coefficient (Wildman–Crippen LogP) is 2.32. The molecule has 2 aromatic carbocycles. The van der Waals surface area contributed by atoms with Gasteiger partial charge in [-0.2, -0.15) is 0 Å². The molecule has 12 nitrogen and oxygen atoms in total. The van der Waals surface area contributed by atoms with Crippen LogP contribution in [-0.4, -0.2) is 32.6 Å². The maximum absolute atomic E-state index is 13.6. The lowest BCUT2D eigenvalue weighted by Gasteiger charge is -2.25. The van der Waals surface area contributed by atoms with Gasteiger partial charge in [0.1, 0.15) is 0 Å². The van der Waals surface area contributed by atoms with Crippen molar-refractivity contribution in [3.05, 3.63) is 105 Å². The summed E-state index contributed by atoms with van der Waals surface area (Å²) in [6.07, 6.45) is 1.51. The van der Waals surface area contributed by atoms with Crippen LogP contribution >= 0.6 is 11.3 Å². The number of carbonyl (C=O) groups excluding carboxylic acids is 1. The number of non-ortho nitro benzene ring substituents is 1. The van der Waals surface area contributed by atoms with Gasteiger partial charge in [0.05, 0.1) is 44.9 Å². The zero-order valence-electron chi connectivity index (χ0n) is 18.9. The molecule has 1 N–H and O–H groups in total. The molecule has 1 aliphatic heterocycles. The summed E-state index contributed by atoms with van der Waals surface area (Å²) < 4.78 is 6.29. The van der Waals surface area contributed by atoms with Crippen molar-refractivity contribution in [2.75, 3.05) is 7.11 Å². The minimum Gasteiger partial charge on any atom is -0.502 e. The number of thiazole rings is 1. The fourth-order valence-electron chi connectivity index (χ4n) is 3.94. The van der Waals surface area contributed by atoms with Crippen LogP contribution in [-0.2, 0) is 9.53 Å². The minimum absolute atomic E-state index is 0.00125. The predicted molar refractivity (Wildman–Crippen MR) is 128 cm³/mol. The van der Waals surface area contributed by atoms with Crippen LogP contribution in [0.5, 0.6) is 5.75 Å². The van der Waals surface area contributed by atoms with E-state index in [1.165, 1.54) is 11.7 Å². The molecule has 184 valence electrons. The molecule has 13 heteroatoms. The van der Waals surface area contributed by atoms with E-state index in [2.05, 4.69) is 4.99 Å². The van der Waals surface area contributed by atoms with Crippen LogP contribution in [0.25, 0.3) is 6.08 Å². The van der Waals surface area contributed by atoms with Crippen molar-refractivity contribution in [2.45, 2.75) is 19.4 Å². The number of aromatic hydroxyl groups is 1. The van der Waals surface area contributed by atoms with Crippen molar-refractivity contribution in [1.82, 2.24) is 4.57 Å². The summed E-state index contributed by atoms with van der Waals surface area (Å²) in [5.41, 5.74) is -1.12. The quantitative estimate of drug-likeness (QED) is 0.299. The third kappa shape index (κ3) is 4.15. The van der Waals surface area contributed by atoms with Crippen molar-refractivity contribution in [1.29, 1.82) is 0 Å². The standard InChI is InChI=1S/C23H18N4O8S/c1-3-15-18(22(30)35-2)19(12-7-5-4-6-8-12)25-21(29)17(36-23(25)24-15)10-13-9-14(26(31)32)11-16(20(13)28)27(33)34/h4-11,19,28H,3H2,1-2H3/b17-10-/t19-/m1/s1. The summed E-state index contributed by atoms with van der Waals surface area (Å²) in [5.74, 6) is -1.47. The first kappa shape index (κ1) is 24.5. The molecule has 0 saturated carbocycles. The first-order chi connectivity index (χ1) is 17.2. The Labute approximate surface area is 206 Å². The number of aromatic nitrogens is 1. The second-order valence-electron chi connectivity index (χ2n) is 7.62. The molecule has 0 amide bonds. The van der Waals surface area contributed by atoms with E-state index < -0.39 is 44.5 Å². The summed E-state index contributed by atoms with van der Waals surface area (Å²) in [5, 5.41) is 33.0. The van der Waals surface area contributed by atoms with Crippen LogP contribution in [0.1, 0.15) is 30.5 Å². The van der Waals surface area contributed by atoms with E-state index in [1.54, 1.807) is 37.3 Å². The molecule has 0 spiro atoms. The van der Waals surface area contributed by atoms with Crippen molar-refractivity contribution in [3.63, 3.8) is 0 Å². The normalized spacial score (nSPS) is 15.3. The van der Waals surface area contributed by atoms with Gasteiger partial charge in [-0.05, 0) is 18.1 Å². The molecular weight excluding hydrogens is 492 g/mol. The first-order valence-electron chi connectivity index (χ1n) is 10.5. The summed E-state index contributed by atoms with van der Waals surface area (Å²) in [6, 6.07) is 9.51. The van der Waals surface area contributed by atoms with Crippen LogP contribution in [0.15, 0.2) is 63.5 Å². The van der Waals surface area contributed by atoms with Gasteiger partial charge in [0, 0.05) is 11.6 Å². The highest BCUT2D eigenvalue weighted by Crippen LogP contribution is 2.35. The molecule has 1 atom stereocenters. The molecule has 0 aliphatic carbocycles. The van der Waals surface area contributed by atoms with Crippen LogP contribution in [0, 0.1) is 20.2 Å². The third-order valence-electron chi connectivity index (χ3n) is 5.56. The second-order valence-corrected chi connectivity index (χ2v) is 8.62. The number of methoxy groups -OCH3 is 1. The van der Waals surface area contributed by atoms with Crippen LogP contribution in [0.4, 0.5) is 11.4 Å². The topological polar surface area (TPSA) is 167 Å². The number of nitrogens with zero attached hydrogens (tertiary/aromatic N) is 4. The number of hydrogen-bond acceptors (Lipinski definition) is 10. The largest absolute Gasteiger partial charge is 0.502 e. The van der Waals surface area contributed by atoms with Gasteiger partial charge in [0.2, 0.25) is 5.75 Å². The SMILES string of the molecule is CCC1=C(C(=O)OC)[C@@H](c2ccccc2)n2c(s/c(=C\c3cc([N+](=O)[O-])cc([N+](=O)[O-])c3O)c2=O)=N1. The Balaban J connectivity index is 2.03. The Morgan fingerprint density at radius 2 is 1.92 bits per heavy atom. The Kier molecular flexibility index (Phi) is 6.49. The number of fused-ring (bicyclic) bond motifs is 1. The monoisotopic (exact) mass is 510 g/mol. The number of allylic oxidation sites excluding steroid dienone is 1. The highest BCUT2D eigenvalue weighted by molar-refractivity contribution is 7.07. The van der Waals surface area contributed by atoms with Crippen molar-refractivity contribution in [3.8, 4) is 5.75 Å². The number of phenolic OH excluding ortho intramolecular Hbond substituents is 1. The number of esters is 1. The number of nitro benzene ring substituents is 2. The molecule has 4 rings (SSSR count). The molecule has 1 aromatic heterocycles. The smallest absolute Gasteiger partial charge is 0.338 e. The van der Waals surface area contributed by atoms with Crippen molar-refractivity contribution >= 4 is 34.8 Å². The Hall–Kier alpha value is -4.65. The number of carbonyl (C=O) groups is 1. The molecule has 0 fully saturated rings. The zero-order chi connectivity index (χ0) is 26.1. The number of nitro groups is 2. The lowest BCUT2D eigenvalue weighted by molar-refractivity contribution is -0.394. The molecule has 0 unspecified atom stereocenters. The summed E-state index contributed by atoms with van der Waals surface area (Å²) in [6.45, 7) is 1.80. The first-order valence-corrected chi connectivity index (χ1v) is 11.3. The van der Waals surface area contributed by atoms with Crippen LogP contribution in [0.3, 0.4) is 0 Å². The highest BCUT2D eigenvalue weighted by atomic mass is 32.1. The van der Waals surface area contributed by atoms with Crippen LogP contribution < -0.4 is 14.9 Å². The molecular formula is C23H18N4O8S. The minimum atomic E-state index is -0.952. The van der Waals surface area contributed by atoms with Gasteiger partial charge in [0.15, 0.2) is 4.80 Å². The molecule has 0 bridgehead atoms. The maximum Gasteiger partial charge on any atom is 0.338 e. The number of rotatable bonds is 6. The van der Waals surface area contributed by atoms with E-state index in [9.17, 15) is 34.9 Å². The fraction of sp³-hybridized carbons (Fsp3) is 0.174. The van der Waals surface area contributed by atoms with Gasteiger partial charge < -0.3 is 9.84 Å². The van der Waals surface area contributed by atoms with E-state index in [-0.39, 0.29) is 20.5 Å². The summed E-state index contributed by atoms with van der Waals surface area (Å²) in [7, 11) is 1.23. The lowest BCUT2D eigenvalue weighted by atomic mass is 9.95. The van der Waals surface area contributed by atoms with E-state index in [0.717, 1.165) is 23.5 Å². The molecule has 0 radical (unpaired) electrons. The van der Waals surface area contributed by atoms with Gasteiger partial charge in [-0.25, -0.2) is 9.79 Å². The van der Waals surface area contributed by atoms with Gasteiger partial charge in [-0.1, -0.05) is 48.6 Å². The molecule has 1 aliphatic rings. The molecule has 0 saturated heterocycles. The Morgan fingerprint density at radius 1 is 1.22 bits per heavy atom. The van der Waals surface area contributed by atoms with Gasteiger partial charge >= 0.3 is 11.7 Å². The van der Waals surface area contributed by atoms with Gasteiger partial charge in [-0.15, -0.1) is 0 Å². The highest BCUT2D eigenvalue weighted by Gasteiger charge is 2.34. The molecule has 36 heavy (non-hydrogen) atoms. The number of hydrogen-bond donors (Lipinski definition) is 1. The summed E-state index contributed by atoms with van der Waals surface area (Å²) >= 11 is 0.924. The maximum atomic E-state index is 13.6. The Morgan fingerprint density at radius 3 is 2.50 bits per heavy atom. The van der Waals surface area contributed by atoms with Crippen LogP contribution in [0.2, 0.25) is 0 Å². The number of ether oxygens (including phenoxy) is 1. The fourth-order valence-corrected chi connectivity index (χ4v) is 4.95. The van der Waals surface area contributed by atoms with Gasteiger partial charge in [0.25, 0.3) is 11.2 Å². The Bertz CT molecular complexity index is 1620. The number of phenols is 1. The molecule has 2 heterocycles. The van der Waals surface area contributed by atoms with E-state index >= 15 is 0 Å². The molecule has 3 aromatic rings. The lowest BCUT2D eigenvalue weighted by Crippen LogP contribution is -2.40. The van der Waals surface area contributed by atoms with Crippen molar-refractivity contribution in [2.24, 2.45) is 4.99 Å². The van der Waals surface area contributed by atoms with E-state index in [0.29, 0.717) is 23.7 Å². The zero-order valence-corrected chi connectivity index (χ0v) is 19.7. The van der Waals surface area contributed by atoms with Gasteiger partial charge in [-0.3, -0.25) is 29.6 Å². The average Bonchev–Trinajstić information content (AvgIpc) is 3.18. The number of benzene rings is 2. The average molecular weight is 510 g/mol. The van der Waals surface area contributed by atoms with E-state index in [4.69, 9.17) is 4.74 Å². The third-order valence-corrected chi connectivity index (χ3v) is 6.55. The second kappa shape index (κ2) is 9.54. The van der Waals surface area contributed by atoms with E-state index in [1.807, 2.05) is 0 Å².